The number of benzene rings is 1. The number of aliphatic hydroxyl groups is 1. The lowest BCUT2D eigenvalue weighted by Gasteiger charge is -2.14. The monoisotopic (exact) mass is 222 g/mol. The predicted octanol–water partition coefficient (Wildman–Crippen LogP) is 3.02. The topological polar surface area (TPSA) is 29.5 Å². The fourth-order valence-electron chi connectivity index (χ4n) is 1.98. The third-order valence-electron chi connectivity index (χ3n) is 3.00. The summed E-state index contributed by atoms with van der Waals surface area (Å²) in [4.78, 5) is 0. The second kappa shape index (κ2) is 5.90. The van der Waals surface area contributed by atoms with E-state index in [2.05, 4.69) is 26.0 Å². The lowest BCUT2D eigenvalue weighted by atomic mass is 9.98. The molecule has 0 aliphatic rings. The molecule has 2 heteroatoms. The van der Waals surface area contributed by atoms with Gasteiger partial charge in [-0.3, -0.25) is 0 Å². The number of aliphatic hydroxyl groups excluding tert-OH is 1. The highest BCUT2D eigenvalue weighted by atomic mass is 16.5. The van der Waals surface area contributed by atoms with Gasteiger partial charge in [0.25, 0.3) is 0 Å². The van der Waals surface area contributed by atoms with Crippen molar-refractivity contribution in [2.24, 2.45) is 0 Å². The van der Waals surface area contributed by atoms with Gasteiger partial charge < -0.3 is 9.84 Å². The Morgan fingerprint density at radius 2 is 2.00 bits per heavy atom. The van der Waals surface area contributed by atoms with Gasteiger partial charge >= 0.3 is 0 Å². The third-order valence-corrected chi connectivity index (χ3v) is 3.00. The molecule has 0 radical (unpaired) electrons. The van der Waals surface area contributed by atoms with Crippen molar-refractivity contribution in [3.63, 3.8) is 0 Å². The van der Waals surface area contributed by atoms with Crippen molar-refractivity contribution in [3.05, 3.63) is 28.8 Å². The Balaban J connectivity index is 2.85. The highest BCUT2D eigenvalue weighted by Gasteiger charge is 2.09. The standard InChI is InChI=1S/C14H22O2/c1-5-12(15)6-7-13-11(3)8-10(2)9-14(13)16-4/h8-9,12,15H,5-7H2,1-4H3. The van der Waals surface area contributed by atoms with Gasteiger partial charge in [-0.1, -0.05) is 13.0 Å². The van der Waals surface area contributed by atoms with Crippen LogP contribution in [0.25, 0.3) is 0 Å². The number of methoxy groups -OCH3 is 1. The number of hydrogen-bond acceptors (Lipinski definition) is 2. The Kier molecular flexibility index (Phi) is 4.81. The Hall–Kier alpha value is -1.02. The van der Waals surface area contributed by atoms with E-state index in [-0.39, 0.29) is 6.10 Å². The molecule has 0 spiro atoms. The third kappa shape index (κ3) is 3.24. The molecule has 90 valence electrons. The summed E-state index contributed by atoms with van der Waals surface area (Å²) < 4.78 is 5.39. The van der Waals surface area contributed by atoms with E-state index in [4.69, 9.17) is 4.74 Å². The summed E-state index contributed by atoms with van der Waals surface area (Å²) in [5.74, 6) is 0.945. The maximum Gasteiger partial charge on any atom is 0.122 e. The first-order valence-corrected chi connectivity index (χ1v) is 5.90. The van der Waals surface area contributed by atoms with E-state index in [9.17, 15) is 5.11 Å². The number of aryl methyl sites for hydroxylation is 2. The van der Waals surface area contributed by atoms with Gasteiger partial charge in [0.15, 0.2) is 0 Å². The summed E-state index contributed by atoms with van der Waals surface area (Å²) >= 11 is 0. The molecular formula is C14H22O2. The summed E-state index contributed by atoms with van der Waals surface area (Å²) in [7, 11) is 1.70. The molecular weight excluding hydrogens is 200 g/mol. The molecule has 2 nitrogen and oxygen atoms in total. The normalized spacial score (nSPS) is 12.6. The van der Waals surface area contributed by atoms with Crippen LogP contribution in [-0.4, -0.2) is 18.3 Å². The van der Waals surface area contributed by atoms with Crippen molar-refractivity contribution in [2.75, 3.05) is 7.11 Å². The summed E-state index contributed by atoms with van der Waals surface area (Å²) in [6.45, 7) is 6.17. The molecule has 0 aromatic heterocycles. The van der Waals surface area contributed by atoms with E-state index in [1.165, 1.54) is 16.7 Å². The largest absolute Gasteiger partial charge is 0.496 e. The molecule has 0 fully saturated rings. The van der Waals surface area contributed by atoms with E-state index < -0.39 is 0 Å². The van der Waals surface area contributed by atoms with Crippen LogP contribution in [0.15, 0.2) is 12.1 Å². The molecule has 1 N–H and O–H groups in total. The van der Waals surface area contributed by atoms with Gasteiger partial charge in [0.2, 0.25) is 0 Å². The molecule has 16 heavy (non-hydrogen) atoms. The smallest absolute Gasteiger partial charge is 0.122 e. The molecule has 1 unspecified atom stereocenters. The second-order valence-electron chi connectivity index (χ2n) is 4.36. The average molecular weight is 222 g/mol. The molecule has 0 aliphatic carbocycles. The van der Waals surface area contributed by atoms with E-state index in [1.54, 1.807) is 7.11 Å². The quantitative estimate of drug-likeness (QED) is 0.829. The van der Waals surface area contributed by atoms with Crippen molar-refractivity contribution < 1.29 is 9.84 Å². The fraction of sp³-hybridized carbons (Fsp3) is 0.571. The Morgan fingerprint density at radius 1 is 1.31 bits per heavy atom. The Bertz CT molecular complexity index is 345. The van der Waals surface area contributed by atoms with Crippen molar-refractivity contribution in [1.82, 2.24) is 0 Å². The molecule has 0 bridgehead atoms. The molecule has 0 amide bonds. The number of rotatable bonds is 5. The number of hydrogen-bond donors (Lipinski definition) is 1. The minimum atomic E-state index is -0.203. The predicted molar refractivity (Wildman–Crippen MR) is 67.1 cm³/mol. The molecule has 1 aromatic rings. The van der Waals surface area contributed by atoms with Crippen LogP contribution < -0.4 is 4.74 Å². The zero-order valence-corrected chi connectivity index (χ0v) is 10.7. The van der Waals surface area contributed by atoms with Gasteiger partial charge in [-0.15, -0.1) is 0 Å². The highest BCUT2D eigenvalue weighted by molar-refractivity contribution is 5.43. The molecule has 0 saturated carbocycles. The van der Waals surface area contributed by atoms with Crippen LogP contribution in [0.4, 0.5) is 0 Å². The summed E-state index contributed by atoms with van der Waals surface area (Å²) in [5, 5.41) is 9.59. The van der Waals surface area contributed by atoms with Gasteiger partial charge in [-0.25, -0.2) is 0 Å². The van der Waals surface area contributed by atoms with Gasteiger partial charge in [-0.2, -0.15) is 0 Å². The first-order valence-electron chi connectivity index (χ1n) is 5.90. The molecule has 0 heterocycles. The van der Waals surface area contributed by atoms with Gasteiger partial charge in [0.05, 0.1) is 13.2 Å². The number of ether oxygens (including phenoxy) is 1. The van der Waals surface area contributed by atoms with Crippen molar-refractivity contribution in [3.8, 4) is 5.75 Å². The average Bonchev–Trinajstić information content (AvgIpc) is 2.26. The molecule has 1 aromatic carbocycles. The van der Waals surface area contributed by atoms with E-state index in [0.29, 0.717) is 0 Å². The maximum atomic E-state index is 9.59. The summed E-state index contributed by atoms with van der Waals surface area (Å²) in [6.07, 6.45) is 2.29. The van der Waals surface area contributed by atoms with Crippen LogP contribution in [0.5, 0.6) is 5.75 Å². The highest BCUT2D eigenvalue weighted by Crippen LogP contribution is 2.26. The minimum Gasteiger partial charge on any atom is -0.496 e. The molecule has 1 rings (SSSR count). The van der Waals surface area contributed by atoms with Gasteiger partial charge in [0, 0.05) is 0 Å². The van der Waals surface area contributed by atoms with Crippen LogP contribution in [0.1, 0.15) is 36.5 Å². The Morgan fingerprint density at radius 3 is 2.56 bits per heavy atom. The lowest BCUT2D eigenvalue weighted by Crippen LogP contribution is -2.07. The van der Waals surface area contributed by atoms with E-state index >= 15 is 0 Å². The van der Waals surface area contributed by atoms with Crippen LogP contribution >= 0.6 is 0 Å². The minimum absolute atomic E-state index is 0.203. The van der Waals surface area contributed by atoms with Gasteiger partial charge in [0.1, 0.15) is 5.75 Å². The lowest BCUT2D eigenvalue weighted by molar-refractivity contribution is 0.160. The van der Waals surface area contributed by atoms with E-state index in [0.717, 1.165) is 25.0 Å². The fourth-order valence-corrected chi connectivity index (χ4v) is 1.98. The molecule has 1 atom stereocenters. The van der Waals surface area contributed by atoms with Gasteiger partial charge in [-0.05, 0) is 55.9 Å². The summed E-state index contributed by atoms with van der Waals surface area (Å²) in [6, 6.07) is 4.22. The van der Waals surface area contributed by atoms with Crippen LogP contribution in [0, 0.1) is 13.8 Å². The van der Waals surface area contributed by atoms with Crippen LogP contribution in [0.2, 0.25) is 0 Å². The van der Waals surface area contributed by atoms with E-state index in [1.807, 2.05) is 6.92 Å². The van der Waals surface area contributed by atoms with Crippen molar-refractivity contribution in [1.29, 1.82) is 0 Å². The first kappa shape index (κ1) is 13.0. The Labute approximate surface area is 98.3 Å². The van der Waals surface area contributed by atoms with Crippen LogP contribution in [0.3, 0.4) is 0 Å². The molecule has 0 saturated heterocycles. The summed E-state index contributed by atoms with van der Waals surface area (Å²) in [5.41, 5.74) is 3.69. The SMILES string of the molecule is CCC(O)CCc1c(C)cc(C)cc1OC. The maximum absolute atomic E-state index is 9.59. The zero-order chi connectivity index (χ0) is 12.1. The zero-order valence-electron chi connectivity index (χ0n) is 10.7. The van der Waals surface area contributed by atoms with Crippen molar-refractivity contribution in [2.45, 2.75) is 46.1 Å². The van der Waals surface area contributed by atoms with Crippen LogP contribution in [-0.2, 0) is 6.42 Å². The van der Waals surface area contributed by atoms with Crippen molar-refractivity contribution >= 4 is 0 Å². The molecule has 0 aliphatic heterocycles. The second-order valence-corrected chi connectivity index (χ2v) is 4.36. The first-order chi connectivity index (χ1) is 7.58.